The van der Waals surface area contributed by atoms with Crippen LogP contribution in [0.3, 0.4) is 0 Å². The van der Waals surface area contributed by atoms with Gasteiger partial charge in [-0.15, -0.1) is 0 Å². The maximum Gasteiger partial charge on any atom is 0.243 e. The van der Waals surface area contributed by atoms with Gasteiger partial charge < -0.3 is 10.1 Å². The molecule has 6 nitrogen and oxygen atoms in total. The molecule has 1 aromatic rings. The zero-order valence-electron chi connectivity index (χ0n) is 14.9. The van der Waals surface area contributed by atoms with E-state index in [1.54, 1.807) is 37.3 Å². The summed E-state index contributed by atoms with van der Waals surface area (Å²) in [5, 5.41) is 2.80. The Morgan fingerprint density at radius 3 is 2.38 bits per heavy atom. The number of nitrogens with zero attached hydrogens (tertiary/aromatic N) is 1. The van der Waals surface area contributed by atoms with Crippen LogP contribution in [0.15, 0.2) is 30.3 Å². The number of nitrogens with one attached hydrogen (secondary N) is 1. The molecule has 1 N–H and O–H groups in total. The first-order valence-corrected chi connectivity index (χ1v) is 10.1. The van der Waals surface area contributed by atoms with E-state index in [0.29, 0.717) is 31.7 Å². The van der Waals surface area contributed by atoms with E-state index in [9.17, 15) is 13.2 Å². The summed E-state index contributed by atoms with van der Waals surface area (Å²) >= 11 is 0. The van der Waals surface area contributed by atoms with Crippen LogP contribution in [0.25, 0.3) is 0 Å². The van der Waals surface area contributed by atoms with Gasteiger partial charge in [0.05, 0.1) is 18.0 Å². The largest absolute Gasteiger partial charge is 0.379 e. The molecule has 0 saturated carbocycles. The van der Waals surface area contributed by atoms with Crippen molar-refractivity contribution in [3.63, 3.8) is 0 Å². The first-order chi connectivity index (χ1) is 11.3. The number of anilines is 1. The topological polar surface area (TPSA) is 75.7 Å². The number of benzene rings is 1. The lowest BCUT2D eigenvalue weighted by molar-refractivity contribution is -0.122. The molecule has 0 bridgehead atoms. The Hall–Kier alpha value is -1.60. The third-order valence-corrected chi connectivity index (χ3v) is 4.59. The maximum absolute atomic E-state index is 12.5. The van der Waals surface area contributed by atoms with Crippen LogP contribution in [0.2, 0.25) is 0 Å². The molecule has 1 atom stereocenters. The summed E-state index contributed by atoms with van der Waals surface area (Å²) in [5.74, 6) is -0.295. The van der Waals surface area contributed by atoms with Gasteiger partial charge in [-0.2, -0.15) is 0 Å². The van der Waals surface area contributed by atoms with Crippen LogP contribution < -0.4 is 9.62 Å². The number of sulfonamides is 1. The van der Waals surface area contributed by atoms with E-state index in [4.69, 9.17) is 4.74 Å². The van der Waals surface area contributed by atoms with Gasteiger partial charge in [0.15, 0.2) is 0 Å². The quantitative estimate of drug-likeness (QED) is 0.652. The first-order valence-electron chi connectivity index (χ1n) is 8.21. The predicted octanol–water partition coefficient (Wildman–Crippen LogP) is 2.16. The summed E-state index contributed by atoms with van der Waals surface area (Å²) in [6, 6.07) is 7.91. The lowest BCUT2D eigenvalue weighted by Crippen LogP contribution is -2.49. The molecule has 24 heavy (non-hydrogen) atoms. The van der Waals surface area contributed by atoms with Crippen molar-refractivity contribution in [3.8, 4) is 0 Å². The van der Waals surface area contributed by atoms with Crippen molar-refractivity contribution in [2.24, 2.45) is 0 Å². The molecule has 0 aliphatic heterocycles. The Balaban J connectivity index is 2.78. The van der Waals surface area contributed by atoms with Crippen molar-refractivity contribution < 1.29 is 17.9 Å². The van der Waals surface area contributed by atoms with Gasteiger partial charge in [0.2, 0.25) is 15.9 Å². The summed E-state index contributed by atoms with van der Waals surface area (Å²) in [6.45, 7) is 6.72. The second-order valence-corrected chi connectivity index (χ2v) is 7.74. The summed E-state index contributed by atoms with van der Waals surface area (Å²) in [6.07, 6.45) is 2.34. The smallest absolute Gasteiger partial charge is 0.243 e. The lowest BCUT2D eigenvalue weighted by atomic mass is 10.2. The fourth-order valence-corrected chi connectivity index (χ4v) is 3.57. The molecule has 0 unspecified atom stereocenters. The van der Waals surface area contributed by atoms with E-state index in [1.807, 2.05) is 13.8 Å². The molecule has 1 amide bonds. The van der Waals surface area contributed by atoms with Gasteiger partial charge in [0.25, 0.3) is 0 Å². The van der Waals surface area contributed by atoms with Crippen LogP contribution in [0, 0.1) is 0 Å². The Kier molecular flexibility index (Phi) is 8.21. The van der Waals surface area contributed by atoms with Crippen LogP contribution in [0.1, 0.15) is 33.6 Å². The molecule has 0 spiro atoms. The Bertz CT molecular complexity index is 602. The highest BCUT2D eigenvalue weighted by Crippen LogP contribution is 2.21. The van der Waals surface area contributed by atoms with E-state index in [0.717, 1.165) is 6.26 Å². The molecular formula is C17H28N2O4S. The predicted molar refractivity (Wildman–Crippen MR) is 96.6 cm³/mol. The first kappa shape index (κ1) is 20.4. The van der Waals surface area contributed by atoms with Crippen molar-refractivity contribution >= 4 is 21.6 Å². The van der Waals surface area contributed by atoms with Gasteiger partial charge in [-0.3, -0.25) is 9.10 Å². The summed E-state index contributed by atoms with van der Waals surface area (Å²) in [7, 11) is -3.57. The van der Waals surface area contributed by atoms with Crippen molar-refractivity contribution in [1.82, 2.24) is 5.32 Å². The minimum Gasteiger partial charge on any atom is -0.379 e. The van der Waals surface area contributed by atoms with Gasteiger partial charge in [-0.05, 0) is 38.8 Å². The number of carbonyl (C=O) groups excluding carboxylic acids is 1. The van der Waals surface area contributed by atoms with Crippen LogP contribution in [-0.2, 0) is 19.6 Å². The molecular weight excluding hydrogens is 328 g/mol. The molecule has 0 aromatic heterocycles. The number of carbonyl (C=O) groups is 1. The van der Waals surface area contributed by atoms with Crippen LogP contribution in [0.5, 0.6) is 0 Å². The molecule has 1 aromatic carbocycles. The molecule has 136 valence electrons. The molecule has 0 radical (unpaired) electrons. The summed E-state index contributed by atoms with van der Waals surface area (Å²) in [4.78, 5) is 12.5. The minimum atomic E-state index is -3.57. The number of hydrogen-bond acceptors (Lipinski definition) is 4. The van der Waals surface area contributed by atoms with E-state index in [1.165, 1.54) is 4.31 Å². The summed E-state index contributed by atoms with van der Waals surface area (Å²) in [5.41, 5.74) is 0.491. The minimum absolute atomic E-state index is 0.155. The van der Waals surface area contributed by atoms with Crippen LogP contribution >= 0.6 is 0 Å². The molecule has 0 fully saturated rings. The standard InChI is InChI=1S/C17H28N2O4S/c1-5-16(17(20)18-12-9-13-23-14(2)3)19(24(4,21)22)15-10-7-6-8-11-15/h6-8,10-11,14,16H,5,9,12-13H2,1-4H3,(H,18,20)/t16-/m0/s1. The lowest BCUT2D eigenvalue weighted by Gasteiger charge is -2.30. The molecule has 7 heteroatoms. The van der Waals surface area contributed by atoms with Gasteiger partial charge in [-0.25, -0.2) is 8.42 Å². The number of para-hydroxylation sites is 1. The average Bonchev–Trinajstić information content (AvgIpc) is 2.51. The Morgan fingerprint density at radius 2 is 1.88 bits per heavy atom. The Morgan fingerprint density at radius 1 is 1.25 bits per heavy atom. The SMILES string of the molecule is CC[C@@H](C(=O)NCCCOC(C)C)N(c1ccccc1)S(C)(=O)=O. The molecule has 1 rings (SSSR count). The van der Waals surface area contributed by atoms with Crippen molar-refractivity contribution in [1.29, 1.82) is 0 Å². The van der Waals surface area contributed by atoms with Gasteiger partial charge in [-0.1, -0.05) is 25.1 Å². The average molecular weight is 356 g/mol. The van der Waals surface area contributed by atoms with E-state index in [2.05, 4.69) is 5.32 Å². The van der Waals surface area contributed by atoms with Crippen molar-refractivity contribution in [2.75, 3.05) is 23.7 Å². The van der Waals surface area contributed by atoms with E-state index >= 15 is 0 Å². The normalized spacial score (nSPS) is 12.9. The molecule has 0 aliphatic carbocycles. The highest BCUT2D eigenvalue weighted by Gasteiger charge is 2.31. The van der Waals surface area contributed by atoms with Crippen LogP contribution in [-0.4, -0.2) is 45.9 Å². The number of amides is 1. The highest BCUT2D eigenvalue weighted by atomic mass is 32.2. The maximum atomic E-state index is 12.5. The number of ether oxygens (including phenoxy) is 1. The summed E-state index contributed by atoms with van der Waals surface area (Å²) < 4.78 is 31.0. The fourth-order valence-electron chi connectivity index (χ4n) is 2.36. The number of rotatable bonds is 10. The van der Waals surface area contributed by atoms with Crippen molar-refractivity contribution in [2.45, 2.75) is 45.8 Å². The molecule has 0 saturated heterocycles. The third-order valence-electron chi connectivity index (χ3n) is 3.41. The second kappa shape index (κ2) is 9.64. The third kappa shape index (κ3) is 6.49. The molecule has 0 heterocycles. The van der Waals surface area contributed by atoms with Gasteiger partial charge >= 0.3 is 0 Å². The molecule has 0 aliphatic rings. The van der Waals surface area contributed by atoms with E-state index < -0.39 is 16.1 Å². The highest BCUT2D eigenvalue weighted by molar-refractivity contribution is 7.92. The van der Waals surface area contributed by atoms with Gasteiger partial charge in [0.1, 0.15) is 6.04 Å². The Labute approximate surface area is 145 Å². The van der Waals surface area contributed by atoms with E-state index in [-0.39, 0.29) is 12.0 Å². The second-order valence-electron chi connectivity index (χ2n) is 5.88. The van der Waals surface area contributed by atoms with Gasteiger partial charge in [0, 0.05) is 13.2 Å². The monoisotopic (exact) mass is 356 g/mol. The number of hydrogen-bond donors (Lipinski definition) is 1. The zero-order chi connectivity index (χ0) is 18.2. The van der Waals surface area contributed by atoms with Crippen molar-refractivity contribution in [3.05, 3.63) is 30.3 Å². The van der Waals surface area contributed by atoms with Crippen LogP contribution in [0.4, 0.5) is 5.69 Å². The zero-order valence-corrected chi connectivity index (χ0v) is 15.7. The fraction of sp³-hybridized carbons (Fsp3) is 0.588.